The van der Waals surface area contributed by atoms with Crippen molar-refractivity contribution in [1.29, 1.82) is 0 Å². The summed E-state index contributed by atoms with van der Waals surface area (Å²) in [4.78, 5) is 22.0. The Kier molecular flexibility index (Phi) is 6.76. The van der Waals surface area contributed by atoms with Gasteiger partial charge in [0.1, 0.15) is 0 Å². The van der Waals surface area contributed by atoms with Gasteiger partial charge in [0.05, 0.1) is 6.61 Å². The van der Waals surface area contributed by atoms with Gasteiger partial charge < -0.3 is 9.47 Å². The predicted molar refractivity (Wildman–Crippen MR) is 75.1 cm³/mol. The molecule has 0 amide bonds. The number of carbonyl (C=O) groups excluding carboxylic acids is 1. The van der Waals surface area contributed by atoms with Crippen molar-refractivity contribution in [3.05, 3.63) is 0 Å². The van der Waals surface area contributed by atoms with E-state index in [1.807, 2.05) is 6.92 Å². The first-order chi connectivity index (χ1) is 9.53. The summed E-state index contributed by atoms with van der Waals surface area (Å²) < 4.78 is 10.6. The normalized spacial score (nSPS) is 19.2. The van der Waals surface area contributed by atoms with Crippen molar-refractivity contribution >= 4 is 6.16 Å². The first-order valence-corrected chi connectivity index (χ1v) is 7.76. The quantitative estimate of drug-likeness (QED) is 0.259. The molecule has 5 heteroatoms. The summed E-state index contributed by atoms with van der Waals surface area (Å²) in [7, 11) is 0. The van der Waals surface area contributed by atoms with E-state index in [2.05, 4.69) is 13.8 Å². The SMILES string of the molecule is CCCCCC(CCCC)(OC(=O)OCC)C1(C)OO1. The van der Waals surface area contributed by atoms with Gasteiger partial charge in [-0.1, -0.05) is 33.1 Å². The third-order valence-electron chi connectivity index (χ3n) is 3.82. The Labute approximate surface area is 121 Å². The van der Waals surface area contributed by atoms with E-state index in [0.29, 0.717) is 6.61 Å². The third kappa shape index (κ3) is 4.35. The van der Waals surface area contributed by atoms with E-state index in [9.17, 15) is 4.79 Å². The zero-order chi connectivity index (χ0) is 15.1. The maximum Gasteiger partial charge on any atom is 0.509 e. The molecule has 0 N–H and O–H groups in total. The molecule has 5 nitrogen and oxygen atoms in total. The van der Waals surface area contributed by atoms with Crippen molar-refractivity contribution < 1.29 is 24.0 Å². The van der Waals surface area contributed by atoms with E-state index >= 15 is 0 Å². The molecule has 20 heavy (non-hydrogen) atoms. The number of hydrogen-bond acceptors (Lipinski definition) is 5. The smallest absolute Gasteiger partial charge is 0.435 e. The molecule has 1 aliphatic heterocycles. The molecule has 0 aromatic heterocycles. The minimum Gasteiger partial charge on any atom is -0.435 e. The van der Waals surface area contributed by atoms with Crippen LogP contribution in [0.3, 0.4) is 0 Å². The molecular weight excluding hydrogens is 260 g/mol. The fraction of sp³-hybridized carbons (Fsp3) is 0.933. The van der Waals surface area contributed by atoms with Crippen LogP contribution in [0.4, 0.5) is 4.79 Å². The summed E-state index contributed by atoms with van der Waals surface area (Å²) in [6.45, 7) is 8.14. The summed E-state index contributed by atoms with van der Waals surface area (Å²) in [5.41, 5.74) is -0.746. The summed E-state index contributed by atoms with van der Waals surface area (Å²) in [6.07, 6.45) is 5.98. The van der Waals surface area contributed by atoms with Crippen LogP contribution >= 0.6 is 0 Å². The monoisotopic (exact) mass is 288 g/mol. The van der Waals surface area contributed by atoms with Gasteiger partial charge in [0.15, 0.2) is 5.60 Å². The number of ether oxygens (including phenoxy) is 2. The van der Waals surface area contributed by atoms with Gasteiger partial charge in [0.25, 0.3) is 5.79 Å². The molecule has 0 aromatic carbocycles. The van der Waals surface area contributed by atoms with Gasteiger partial charge >= 0.3 is 6.16 Å². The van der Waals surface area contributed by atoms with Crippen molar-refractivity contribution in [1.82, 2.24) is 0 Å². The summed E-state index contributed by atoms with van der Waals surface area (Å²) in [5, 5.41) is 0. The van der Waals surface area contributed by atoms with Gasteiger partial charge in [-0.25, -0.2) is 4.79 Å². The van der Waals surface area contributed by atoms with Crippen molar-refractivity contribution in [2.24, 2.45) is 0 Å². The van der Waals surface area contributed by atoms with Crippen LogP contribution in [0, 0.1) is 0 Å². The Morgan fingerprint density at radius 2 is 1.65 bits per heavy atom. The molecule has 1 fully saturated rings. The van der Waals surface area contributed by atoms with Crippen molar-refractivity contribution in [3.63, 3.8) is 0 Å². The zero-order valence-electron chi connectivity index (χ0n) is 13.2. The summed E-state index contributed by atoms with van der Waals surface area (Å²) >= 11 is 0. The van der Waals surface area contributed by atoms with E-state index in [-0.39, 0.29) is 0 Å². The van der Waals surface area contributed by atoms with Crippen LogP contribution in [0.5, 0.6) is 0 Å². The van der Waals surface area contributed by atoms with E-state index < -0.39 is 17.5 Å². The minimum atomic E-state index is -0.831. The molecule has 1 unspecified atom stereocenters. The molecule has 1 heterocycles. The number of unbranched alkanes of at least 4 members (excludes halogenated alkanes) is 3. The Morgan fingerprint density at radius 3 is 2.15 bits per heavy atom. The fourth-order valence-corrected chi connectivity index (χ4v) is 2.42. The topological polar surface area (TPSA) is 60.6 Å². The highest BCUT2D eigenvalue weighted by Gasteiger charge is 2.64. The van der Waals surface area contributed by atoms with Crippen molar-refractivity contribution in [2.75, 3.05) is 6.61 Å². The maximum atomic E-state index is 11.8. The third-order valence-corrected chi connectivity index (χ3v) is 3.82. The summed E-state index contributed by atoms with van der Waals surface area (Å²) in [6, 6.07) is 0. The van der Waals surface area contributed by atoms with Gasteiger partial charge in [-0.05, 0) is 39.5 Å². The second-order valence-electron chi connectivity index (χ2n) is 5.45. The average Bonchev–Trinajstić information content (AvgIpc) is 3.16. The minimum absolute atomic E-state index is 0.302. The average molecular weight is 288 g/mol. The van der Waals surface area contributed by atoms with Crippen LogP contribution in [0.2, 0.25) is 0 Å². The highest BCUT2D eigenvalue weighted by molar-refractivity contribution is 5.60. The molecule has 0 saturated carbocycles. The van der Waals surface area contributed by atoms with Crippen LogP contribution < -0.4 is 0 Å². The van der Waals surface area contributed by atoms with E-state index in [1.165, 1.54) is 0 Å². The standard InChI is InChI=1S/C15H28O5/c1-5-8-10-12-15(11-9-6-2,14(4)19-20-14)18-13(16)17-7-3/h5-12H2,1-4H3. The molecule has 118 valence electrons. The fourth-order valence-electron chi connectivity index (χ4n) is 2.42. The second-order valence-corrected chi connectivity index (χ2v) is 5.45. The van der Waals surface area contributed by atoms with E-state index in [1.54, 1.807) is 6.92 Å². The van der Waals surface area contributed by atoms with E-state index in [0.717, 1.165) is 44.9 Å². The molecule has 0 bridgehead atoms. The molecule has 1 atom stereocenters. The molecule has 0 aromatic rings. The summed E-state index contributed by atoms with van der Waals surface area (Å²) in [5.74, 6) is -0.831. The lowest BCUT2D eigenvalue weighted by Crippen LogP contribution is -2.47. The second kappa shape index (κ2) is 7.84. The van der Waals surface area contributed by atoms with Gasteiger partial charge in [-0.3, -0.25) is 0 Å². The Morgan fingerprint density at radius 1 is 1.05 bits per heavy atom. The highest BCUT2D eigenvalue weighted by atomic mass is 17.4. The van der Waals surface area contributed by atoms with Crippen LogP contribution in [-0.2, 0) is 19.2 Å². The predicted octanol–water partition coefficient (Wildman–Crippen LogP) is 4.35. The first kappa shape index (κ1) is 17.2. The van der Waals surface area contributed by atoms with Gasteiger partial charge in [0, 0.05) is 0 Å². The Bertz CT molecular complexity index is 301. The molecule has 0 spiro atoms. The van der Waals surface area contributed by atoms with Gasteiger partial charge in [0.2, 0.25) is 0 Å². The molecule has 1 saturated heterocycles. The Hall–Kier alpha value is -0.810. The highest BCUT2D eigenvalue weighted by Crippen LogP contribution is 2.48. The zero-order valence-corrected chi connectivity index (χ0v) is 13.2. The number of hydrogen-bond donors (Lipinski definition) is 0. The molecule has 1 aliphatic rings. The lowest BCUT2D eigenvalue weighted by Gasteiger charge is -2.34. The lowest BCUT2D eigenvalue weighted by atomic mass is 9.84. The maximum absolute atomic E-state index is 11.8. The Balaban J connectivity index is 2.78. The van der Waals surface area contributed by atoms with Crippen LogP contribution in [0.15, 0.2) is 0 Å². The van der Waals surface area contributed by atoms with Crippen LogP contribution in [0.25, 0.3) is 0 Å². The molecule has 1 rings (SSSR count). The molecule has 0 radical (unpaired) electrons. The first-order valence-electron chi connectivity index (χ1n) is 7.76. The molecule has 0 aliphatic carbocycles. The van der Waals surface area contributed by atoms with E-state index in [4.69, 9.17) is 19.2 Å². The molecular formula is C15H28O5. The largest absolute Gasteiger partial charge is 0.509 e. The lowest BCUT2D eigenvalue weighted by molar-refractivity contribution is -0.0912. The van der Waals surface area contributed by atoms with Crippen LogP contribution in [0.1, 0.15) is 72.6 Å². The van der Waals surface area contributed by atoms with Gasteiger partial charge in [-0.2, -0.15) is 9.78 Å². The number of carbonyl (C=O) groups is 1. The van der Waals surface area contributed by atoms with Crippen molar-refractivity contribution in [2.45, 2.75) is 84.0 Å². The van der Waals surface area contributed by atoms with Crippen LogP contribution in [-0.4, -0.2) is 24.2 Å². The number of rotatable bonds is 10. The van der Waals surface area contributed by atoms with Gasteiger partial charge in [-0.15, -0.1) is 0 Å². The van der Waals surface area contributed by atoms with Crippen molar-refractivity contribution in [3.8, 4) is 0 Å².